The Balaban J connectivity index is 2.24. The van der Waals surface area contributed by atoms with Gasteiger partial charge in [-0.3, -0.25) is 4.40 Å². The normalized spacial score (nSPS) is 10.9. The Labute approximate surface area is 110 Å². The fourth-order valence-electron chi connectivity index (χ4n) is 1.63. The minimum Gasteiger partial charge on any atom is -0.477 e. The number of hydrogen-bond acceptors (Lipinski definition) is 4. The molecule has 0 aliphatic rings. The van der Waals surface area contributed by atoms with Crippen molar-refractivity contribution in [3.8, 4) is 11.4 Å². The highest BCUT2D eigenvalue weighted by molar-refractivity contribution is 7.18. The van der Waals surface area contributed by atoms with E-state index in [1.807, 2.05) is 18.2 Å². The lowest BCUT2D eigenvalue weighted by Gasteiger charge is -1.99. The molecule has 0 amide bonds. The number of halogens is 1. The van der Waals surface area contributed by atoms with E-state index in [4.69, 9.17) is 16.7 Å². The van der Waals surface area contributed by atoms with Gasteiger partial charge in [0.1, 0.15) is 4.88 Å². The smallest absolute Gasteiger partial charge is 0.347 e. The molecule has 3 rings (SSSR count). The molecule has 0 saturated heterocycles. The van der Waals surface area contributed by atoms with Gasteiger partial charge in [0.2, 0.25) is 4.96 Å². The van der Waals surface area contributed by atoms with E-state index in [0.717, 1.165) is 16.9 Å². The van der Waals surface area contributed by atoms with Gasteiger partial charge < -0.3 is 5.11 Å². The molecule has 0 bridgehead atoms. The summed E-state index contributed by atoms with van der Waals surface area (Å²) in [6.07, 6.45) is 1.50. The Morgan fingerprint density at radius 1 is 1.33 bits per heavy atom. The molecular weight excluding hydrogens is 274 g/mol. The summed E-state index contributed by atoms with van der Waals surface area (Å²) in [6, 6.07) is 7.23. The third-order valence-corrected chi connectivity index (χ3v) is 3.73. The SMILES string of the molecule is O=C(O)c1cn2c(-c3ccccc3Cl)nnc2s1. The summed E-state index contributed by atoms with van der Waals surface area (Å²) in [5, 5.41) is 17.5. The topological polar surface area (TPSA) is 67.5 Å². The minimum atomic E-state index is -0.976. The van der Waals surface area contributed by atoms with E-state index in [2.05, 4.69) is 10.2 Å². The molecule has 2 aromatic heterocycles. The zero-order valence-corrected chi connectivity index (χ0v) is 10.4. The molecule has 0 saturated carbocycles. The number of fused-ring (bicyclic) bond motifs is 1. The Morgan fingerprint density at radius 2 is 2.11 bits per heavy atom. The van der Waals surface area contributed by atoms with Gasteiger partial charge in [0, 0.05) is 11.8 Å². The molecule has 0 aliphatic carbocycles. The molecule has 0 unspecified atom stereocenters. The number of benzene rings is 1. The maximum Gasteiger partial charge on any atom is 0.347 e. The number of rotatable bonds is 2. The molecule has 90 valence electrons. The molecule has 0 fully saturated rings. The molecule has 0 radical (unpaired) electrons. The van der Waals surface area contributed by atoms with E-state index in [-0.39, 0.29) is 4.88 Å². The van der Waals surface area contributed by atoms with Crippen LogP contribution < -0.4 is 0 Å². The van der Waals surface area contributed by atoms with Crippen LogP contribution in [0, 0.1) is 0 Å². The quantitative estimate of drug-likeness (QED) is 0.783. The first-order valence-corrected chi connectivity index (χ1v) is 6.19. The monoisotopic (exact) mass is 279 g/mol. The molecule has 5 nitrogen and oxygen atoms in total. The van der Waals surface area contributed by atoms with Crippen molar-refractivity contribution >= 4 is 33.9 Å². The lowest BCUT2D eigenvalue weighted by Crippen LogP contribution is -1.92. The standard InChI is InChI=1S/C11H6ClN3O2S/c12-7-4-2-1-3-6(7)9-13-14-11-15(9)5-8(18-11)10(16)17/h1-5H,(H,16,17). The molecule has 18 heavy (non-hydrogen) atoms. The molecular formula is C11H6ClN3O2S. The van der Waals surface area contributed by atoms with Crippen molar-refractivity contribution in [2.75, 3.05) is 0 Å². The van der Waals surface area contributed by atoms with E-state index in [1.54, 1.807) is 10.5 Å². The van der Waals surface area contributed by atoms with Crippen LogP contribution in [0.25, 0.3) is 16.3 Å². The number of carboxylic acids is 1. The van der Waals surface area contributed by atoms with Crippen molar-refractivity contribution < 1.29 is 9.90 Å². The number of hydrogen-bond donors (Lipinski definition) is 1. The van der Waals surface area contributed by atoms with Gasteiger partial charge in [-0.15, -0.1) is 10.2 Å². The van der Waals surface area contributed by atoms with Gasteiger partial charge in [-0.1, -0.05) is 35.1 Å². The summed E-state index contributed by atoms with van der Waals surface area (Å²) in [4.78, 5) is 11.7. The van der Waals surface area contributed by atoms with Crippen molar-refractivity contribution in [1.82, 2.24) is 14.6 Å². The van der Waals surface area contributed by atoms with Gasteiger partial charge in [0.15, 0.2) is 5.82 Å². The predicted molar refractivity (Wildman–Crippen MR) is 68.3 cm³/mol. The number of thiazole rings is 1. The fourth-order valence-corrected chi connectivity index (χ4v) is 2.61. The molecule has 0 spiro atoms. The van der Waals surface area contributed by atoms with Gasteiger partial charge in [-0.25, -0.2) is 4.79 Å². The van der Waals surface area contributed by atoms with Crippen LogP contribution in [0.1, 0.15) is 9.67 Å². The third kappa shape index (κ3) is 1.66. The van der Waals surface area contributed by atoms with Gasteiger partial charge in [-0.05, 0) is 12.1 Å². The number of aromatic nitrogens is 3. The van der Waals surface area contributed by atoms with Gasteiger partial charge in [0.05, 0.1) is 5.02 Å². The van der Waals surface area contributed by atoms with Crippen molar-refractivity contribution in [2.24, 2.45) is 0 Å². The summed E-state index contributed by atoms with van der Waals surface area (Å²) < 4.78 is 1.63. The Hall–Kier alpha value is -1.92. The molecule has 2 heterocycles. The number of nitrogens with zero attached hydrogens (tertiary/aromatic N) is 3. The van der Waals surface area contributed by atoms with Crippen LogP contribution in [-0.4, -0.2) is 25.7 Å². The molecule has 3 aromatic rings. The van der Waals surface area contributed by atoms with E-state index >= 15 is 0 Å². The number of carbonyl (C=O) groups is 1. The summed E-state index contributed by atoms with van der Waals surface area (Å²) in [5.41, 5.74) is 0.724. The van der Waals surface area contributed by atoms with Crippen molar-refractivity contribution in [3.05, 3.63) is 40.4 Å². The lowest BCUT2D eigenvalue weighted by molar-refractivity contribution is 0.0702. The van der Waals surface area contributed by atoms with Crippen LogP contribution in [0.2, 0.25) is 5.02 Å². The van der Waals surface area contributed by atoms with Crippen LogP contribution in [0.15, 0.2) is 30.5 Å². The second-order valence-corrected chi connectivity index (χ2v) is 4.97. The second-order valence-electron chi connectivity index (χ2n) is 3.56. The highest BCUT2D eigenvalue weighted by Crippen LogP contribution is 2.28. The Morgan fingerprint density at radius 3 is 2.83 bits per heavy atom. The van der Waals surface area contributed by atoms with E-state index in [1.165, 1.54) is 6.20 Å². The molecule has 1 aromatic carbocycles. The zero-order valence-electron chi connectivity index (χ0n) is 8.87. The second kappa shape index (κ2) is 4.08. The van der Waals surface area contributed by atoms with E-state index in [0.29, 0.717) is 15.8 Å². The predicted octanol–water partition coefficient (Wildman–Crippen LogP) is 2.81. The minimum absolute atomic E-state index is 0.216. The van der Waals surface area contributed by atoms with Crippen molar-refractivity contribution in [3.63, 3.8) is 0 Å². The van der Waals surface area contributed by atoms with Crippen molar-refractivity contribution in [1.29, 1.82) is 0 Å². The average molecular weight is 280 g/mol. The number of aromatic carboxylic acids is 1. The van der Waals surface area contributed by atoms with Gasteiger partial charge in [0.25, 0.3) is 0 Å². The summed E-state index contributed by atoms with van der Waals surface area (Å²) in [7, 11) is 0. The summed E-state index contributed by atoms with van der Waals surface area (Å²) >= 11 is 7.16. The fraction of sp³-hybridized carbons (Fsp3) is 0. The van der Waals surface area contributed by atoms with Crippen LogP contribution in [0.5, 0.6) is 0 Å². The highest BCUT2D eigenvalue weighted by atomic mass is 35.5. The van der Waals surface area contributed by atoms with Gasteiger partial charge in [-0.2, -0.15) is 0 Å². The lowest BCUT2D eigenvalue weighted by atomic mass is 10.2. The molecule has 7 heteroatoms. The van der Waals surface area contributed by atoms with Crippen LogP contribution in [0.3, 0.4) is 0 Å². The molecule has 1 N–H and O–H groups in total. The average Bonchev–Trinajstić information content (AvgIpc) is 2.89. The van der Waals surface area contributed by atoms with Crippen LogP contribution in [-0.2, 0) is 0 Å². The summed E-state index contributed by atoms with van der Waals surface area (Å²) in [6.45, 7) is 0. The third-order valence-electron chi connectivity index (χ3n) is 2.44. The van der Waals surface area contributed by atoms with Crippen molar-refractivity contribution in [2.45, 2.75) is 0 Å². The number of carboxylic acid groups (broad SMARTS) is 1. The first-order chi connectivity index (χ1) is 8.66. The Kier molecular flexibility index (Phi) is 2.53. The summed E-state index contributed by atoms with van der Waals surface area (Å²) in [5.74, 6) is -0.435. The van der Waals surface area contributed by atoms with E-state index in [9.17, 15) is 4.79 Å². The van der Waals surface area contributed by atoms with Crippen LogP contribution >= 0.6 is 22.9 Å². The zero-order chi connectivity index (χ0) is 12.7. The highest BCUT2D eigenvalue weighted by Gasteiger charge is 2.16. The van der Waals surface area contributed by atoms with E-state index < -0.39 is 5.97 Å². The first-order valence-electron chi connectivity index (χ1n) is 4.99. The Bertz CT molecular complexity index is 750. The van der Waals surface area contributed by atoms with Gasteiger partial charge >= 0.3 is 5.97 Å². The molecule has 0 atom stereocenters. The van der Waals surface area contributed by atoms with Crippen LogP contribution in [0.4, 0.5) is 0 Å². The maximum absolute atomic E-state index is 10.9. The largest absolute Gasteiger partial charge is 0.477 e. The maximum atomic E-state index is 10.9. The first kappa shape index (κ1) is 11.2. The molecule has 0 aliphatic heterocycles.